The Hall–Kier alpha value is -3.03. The summed E-state index contributed by atoms with van der Waals surface area (Å²) >= 11 is 0. The Labute approximate surface area is 153 Å². The molecule has 1 aliphatic rings. The highest BCUT2D eigenvalue weighted by atomic mass is 19.1. The third-order valence-corrected chi connectivity index (χ3v) is 5.11. The summed E-state index contributed by atoms with van der Waals surface area (Å²) in [6.45, 7) is 4.53. The summed E-state index contributed by atoms with van der Waals surface area (Å²) in [5.41, 5.74) is 2.09. The standard InChI is InChI=1S/C19H18F2N4O2/c1-10-15-17(24-7-6-23(3)19(27)16(10)24)11(2)22-25(18(15)26)9-12-4-5-13(20)8-14(12)21/h4-5,8H,6-7,9H2,1-3H3. The average Bonchev–Trinajstić information content (AvgIpc) is 2.92. The monoisotopic (exact) mass is 372 g/mol. The van der Waals surface area contributed by atoms with Crippen molar-refractivity contribution in [1.29, 1.82) is 0 Å². The van der Waals surface area contributed by atoms with Crippen LogP contribution in [-0.2, 0) is 13.1 Å². The van der Waals surface area contributed by atoms with E-state index < -0.39 is 17.2 Å². The van der Waals surface area contributed by atoms with E-state index in [4.69, 9.17) is 0 Å². The number of aromatic nitrogens is 3. The number of rotatable bonds is 2. The van der Waals surface area contributed by atoms with Gasteiger partial charge < -0.3 is 9.47 Å². The Kier molecular flexibility index (Phi) is 3.87. The van der Waals surface area contributed by atoms with E-state index in [-0.39, 0.29) is 18.0 Å². The molecule has 3 aromatic rings. The first-order valence-electron chi connectivity index (χ1n) is 8.59. The highest BCUT2D eigenvalue weighted by molar-refractivity contribution is 6.02. The van der Waals surface area contributed by atoms with E-state index in [0.29, 0.717) is 40.9 Å². The maximum atomic E-state index is 14.0. The summed E-state index contributed by atoms with van der Waals surface area (Å²) < 4.78 is 30.1. The number of fused-ring (bicyclic) bond motifs is 3. The maximum Gasteiger partial charge on any atom is 0.276 e. The molecule has 0 bridgehead atoms. The average molecular weight is 372 g/mol. The van der Waals surface area contributed by atoms with Crippen LogP contribution in [0.1, 0.15) is 27.3 Å². The topological polar surface area (TPSA) is 60.1 Å². The summed E-state index contributed by atoms with van der Waals surface area (Å²) in [7, 11) is 1.73. The van der Waals surface area contributed by atoms with E-state index in [9.17, 15) is 18.4 Å². The van der Waals surface area contributed by atoms with Gasteiger partial charge in [-0.3, -0.25) is 9.59 Å². The van der Waals surface area contributed by atoms with Crippen LogP contribution in [0, 0.1) is 25.5 Å². The molecule has 3 heterocycles. The van der Waals surface area contributed by atoms with Crippen LogP contribution in [0.2, 0.25) is 0 Å². The van der Waals surface area contributed by atoms with Crippen molar-refractivity contribution in [3.63, 3.8) is 0 Å². The summed E-state index contributed by atoms with van der Waals surface area (Å²) in [6, 6.07) is 3.22. The van der Waals surface area contributed by atoms with E-state index in [0.717, 1.165) is 12.1 Å². The zero-order valence-electron chi connectivity index (χ0n) is 15.2. The SMILES string of the molecule is Cc1c2n(c3c(C)nn(Cc4ccc(F)cc4F)c(=O)c13)CCN(C)C2=O. The van der Waals surface area contributed by atoms with Gasteiger partial charge in [-0.15, -0.1) is 0 Å². The van der Waals surface area contributed by atoms with Crippen LogP contribution in [0.4, 0.5) is 8.78 Å². The van der Waals surface area contributed by atoms with Gasteiger partial charge in [0, 0.05) is 31.8 Å². The first-order valence-corrected chi connectivity index (χ1v) is 8.59. The van der Waals surface area contributed by atoms with E-state index in [1.807, 2.05) is 4.57 Å². The largest absolute Gasteiger partial charge is 0.339 e. The first kappa shape index (κ1) is 17.4. The summed E-state index contributed by atoms with van der Waals surface area (Å²) in [6.07, 6.45) is 0. The van der Waals surface area contributed by atoms with Crippen molar-refractivity contribution < 1.29 is 13.6 Å². The number of nitrogens with zero attached hydrogens (tertiary/aromatic N) is 4. The van der Waals surface area contributed by atoms with Crippen LogP contribution in [0.3, 0.4) is 0 Å². The number of halogens is 2. The molecule has 1 aromatic carbocycles. The van der Waals surface area contributed by atoms with Crippen LogP contribution < -0.4 is 5.56 Å². The van der Waals surface area contributed by atoms with E-state index in [2.05, 4.69) is 5.10 Å². The molecule has 1 aliphatic heterocycles. The highest BCUT2D eigenvalue weighted by Gasteiger charge is 2.30. The van der Waals surface area contributed by atoms with Gasteiger partial charge in [-0.25, -0.2) is 13.5 Å². The van der Waals surface area contributed by atoms with Gasteiger partial charge in [-0.05, 0) is 25.5 Å². The highest BCUT2D eigenvalue weighted by Crippen LogP contribution is 2.28. The molecule has 0 unspecified atom stereocenters. The number of amides is 1. The Morgan fingerprint density at radius 2 is 1.89 bits per heavy atom. The Morgan fingerprint density at radius 3 is 2.59 bits per heavy atom. The Bertz CT molecular complexity index is 1160. The fraction of sp³-hybridized carbons (Fsp3) is 0.316. The number of aryl methyl sites for hydroxylation is 2. The summed E-state index contributed by atoms with van der Waals surface area (Å²) in [4.78, 5) is 27.3. The van der Waals surface area contributed by atoms with Gasteiger partial charge in [0.15, 0.2) is 0 Å². The molecule has 0 N–H and O–H groups in total. The second kappa shape index (κ2) is 6.00. The normalized spacial score (nSPS) is 14.1. The minimum Gasteiger partial charge on any atom is -0.339 e. The number of hydrogen-bond acceptors (Lipinski definition) is 3. The van der Waals surface area contributed by atoms with Crippen molar-refractivity contribution in [2.75, 3.05) is 13.6 Å². The molecular formula is C19H18F2N4O2. The first-order chi connectivity index (χ1) is 12.8. The van der Waals surface area contributed by atoms with E-state index >= 15 is 0 Å². The van der Waals surface area contributed by atoms with Gasteiger partial charge in [-0.1, -0.05) is 6.07 Å². The number of hydrogen-bond donors (Lipinski definition) is 0. The molecule has 6 nitrogen and oxygen atoms in total. The number of benzene rings is 1. The van der Waals surface area contributed by atoms with Crippen molar-refractivity contribution in [3.8, 4) is 0 Å². The predicted molar refractivity (Wildman–Crippen MR) is 95.9 cm³/mol. The van der Waals surface area contributed by atoms with Gasteiger partial charge >= 0.3 is 0 Å². The molecule has 0 spiro atoms. The predicted octanol–water partition coefficient (Wildman–Crippen LogP) is 2.23. The smallest absolute Gasteiger partial charge is 0.276 e. The summed E-state index contributed by atoms with van der Waals surface area (Å²) in [5.74, 6) is -1.54. The quantitative estimate of drug-likeness (QED) is 0.693. The molecule has 0 aliphatic carbocycles. The second-order valence-corrected chi connectivity index (χ2v) is 6.86. The maximum absolute atomic E-state index is 14.0. The van der Waals surface area contributed by atoms with E-state index in [1.54, 1.807) is 25.8 Å². The van der Waals surface area contributed by atoms with Crippen LogP contribution in [0.15, 0.2) is 23.0 Å². The molecule has 8 heteroatoms. The lowest BCUT2D eigenvalue weighted by atomic mass is 10.1. The van der Waals surface area contributed by atoms with Crippen LogP contribution in [0.25, 0.3) is 10.9 Å². The fourth-order valence-corrected chi connectivity index (χ4v) is 3.74. The van der Waals surface area contributed by atoms with Gasteiger partial charge in [0.25, 0.3) is 11.5 Å². The second-order valence-electron chi connectivity index (χ2n) is 6.86. The number of likely N-dealkylation sites (N-methyl/N-ethyl adjacent to an activating group) is 1. The fourth-order valence-electron chi connectivity index (χ4n) is 3.74. The molecule has 140 valence electrons. The van der Waals surface area contributed by atoms with Crippen molar-refractivity contribution in [2.24, 2.45) is 0 Å². The molecule has 27 heavy (non-hydrogen) atoms. The molecular weight excluding hydrogens is 354 g/mol. The number of carbonyl (C=O) groups excluding carboxylic acids is 1. The van der Waals surface area contributed by atoms with Crippen molar-refractivity contribution in [2.45, 2.75) is 26.9 Å². The molecule has 0 saturated heterocycles. The number of carbonyl (C=O) groups is 1. The van der Waals surface area contributed by atoms with Crippen molar-refractivity contribution in [3.05, 3.63) is 62.7 Å². The Morgan fingerprint density at radius 1 is 1.15 bits per heavy atom. The van der Waals surface area contributed by atoms with Gasteiger partial charge in [0.2, 0.25) is 0 Å². The molecule has 4 rings (SSSR count). The molecule has 0 fully saturated rings. The van der Waals surface area contributed by atoms with Crippen LogP contribution >= 0.6 is 0 Å². The molecule has 0 atom stereocenters. The van der Waals surface area contributed by atoms with E-state index in [1.165, 1.54) is 10.7 Å². The molecule has 0 radical (unpaired) electrons. The van der Waals surface area contributed by atoms with Crippen molar-refractivity contribution in [1.82, 2.24) is 19.2 Å². The molecule has 1 amide bonds. The lowest BCUT2D eigenvalue weighted by Gasteiger charge is -2.25. The van der Waals surface area contributed by atoms with Crippen LogP contribution in [0.5, 0.6) is 0 Å². The minimum atomic E-state index is -0.730. The summed E-state index contributed by atoms with van der Waals surface area (Å²) in [5, 5.41) is 4.74. The molecule has 2 aromatic heterocycles. The minimum absolute atomic E-state index is 0.116. The third-order valence-electron chi connectivity index (χ3n) is 5.11. The zero-order valence-corrected chi connectivity index (χ0v) is 15.2. The lowest BCUT2D eigenvalue weighted by Crippen LogP contribution is -2.37. The lowest BCUT2D eigenvalue weighted by molar-refractivity contribution is 0.0750. The van der Waals surface area contributed by atoms with Crippen molar-refractivity contribution >= 4 is 16.8 Å². The van der Waals surface area contributed by atoms with Gasteiger partial charge in [-0.2, -0.15) is 5.10 Å². The van der Waals surface area contributed by atoms with Gasteiger partial charge in [0.1, 0.15) is 17.3 Å². The molecule has 0 saturated carbocycles. The zero-order chi connectivity index (χ0) is 19.5. The van der Waals surface area contributed by atoms with Crippen LogP contribution in [-0.4, -0.2) is 38.7 Å². The van der Waals surface area contributed by atoms with Gasteiger partial charge in [0.05, 0.1) is 23.1 Å². The Balaban J connectivity index is 1.93. The third kappa shape index (κ3) is 2.55.